The summed E-state index contributed by atoms with van der Waals surface area (Å²) in [6.45, 7) is 3.67. The molecule has 14 heavy (non-hydrogen) atoms. The fourth-order valence-corrected chi connectivity index (χ4v) is 1.40. The molecule has 0 aromatic carbocycles. The van der Waals surface area contributed by atoms with Crippen LogP contribution in [0.3, 0.4) is 0 Å². The van der Waals surface area contributed by atoms with Crippen LogP contribution in [0.25, 0.3) is 11.6 Å². The average Bonchev–Trinajstić information content (AvgIpc) is 2.59. The molecule has 0 aliphatic rings. The summed E-state index contributed by atoms with van der Waals surface area (Å²) in [7, 11) is 1.83. The van der Waals surface area contributed by atoms with Crippen molar-refractivity contribution in [3.8, 4) is 11.6 Å². The zero-order valence-electron chi connectivity index (χ0n) is 8.14. The van der Waals surface area contributed by atoms with Gasteiger partial charge in [0.25, 0.3) is 0 Å². The first-order valence-corrected chi connectivity index (χ1v) is 4.57. The van der Waals surface area contributed by atoms with E-state index in [1.54, 1.807) is 11.5 Å². The van der Waals surface area contributed by atoms with E-state index < -0.39 is 0 Å². The third kappa shape index (κ3) is 1.31. The molecule has 2 aromatic heterocycles. The molecule has 0 bridgehead atoms. The number of rotatable bonds is 1. The van der Waals surface area contributed by atoms with Crippen molar-refractivity contribution in [2.75, 3.05) is 0 Å². The monoisotopic (exact) mass is 210 g/mol. The van der Waals surface area contributed by atoms with E-state index in [-0.39, 0.29) is 0 Å². The predicted octanol–water partition coefficient (Wildman–Crippen LogP) is 1.38. The lowest BCUT2D eigenvalue weighted by atomic mass is 10.3. The molecule has 6 heteroatoms. The molecule has 0 saturated carbocycles. The first-order chi connectivity index (χ1) is 6.59. The summed E-state index contributed by atoms with van der Waals surface area (Å²) >= 11 is 4.14. The van der Waals surface area contributed by atoms with Gasteiger partial charge in [-0.05, 0) is 6.92 Å². The normalized spacial score (nSPS) is 10.9. The van der Waals surface area contributed by atoms with Crippen molar-refractivity contribution in [3.05, 3.63) is 11.6 Å². The number of oxazole rings is 1. The van der Waals surface area contributed by atoms with E-state index in [1.165, 1.54) is 0 Å². The van der Waals surface area contributed by atoms with E-state index in [0.29, 0.717) is 22.6 Å². The second-order valence-corrected chi connectivity index (χ2v) is 3.43. The van der Waals surface area contributed by atoms with E-state index in [2.05, 4.69) is 27.8 Å². The summed E-state index contributed by atoms with van der Waals surface area (Å²) in [5.41, 5.74) is 0.811. The lowest BCUT2D eigenvalue weighted by Crippen LogP contribution is -1.93. The number of aromatic nitrogens is 4. The summed E-state index contributed by atoms with van der Waals surface area (Å²) in [5, 5.41) is 8.34. The van der Waals surface area contributed by atoms with E-state index >= 15 is 0 Å². The Kier molecular flexibility index (Phi) is 2.07. The number of nitrogens with zero attached hydrogens (tertiary/aromatic N) is 4. The average molecular weight is 210 g/mol. The number of hydrogen-bond donors (Lipinski definition) is 1. The molecule has 0 unspecified atom stereocenters. The molecule has 2 rings (SSSR count). The van der Waals surface area contributed by atoms with Crippen molar-refractivity contribution >= 4 is 12.6 Å². The highest BCUT2D eigenvalue weighted by Crippen LogP contribution is 2.22. The molecule has 2 heterocycles. The minimum atomic E-state index is 0.549. The number of thiol groups is 1. The van der Waals surface area contributed by atoms with Gasteiger partial charge in [0.15, 0.2) is 16.8 Å². The molecule has 0 atom stereocenters. The van der Waals surface area contributed by atoms with Crippen molar-refractivity contribution in [1.29, 1.82) is 0 Å². The number of hydrogen-bond acceptors (Lipinski definition) is 5. The zero-order valence-corrected chi connectivity index (χ0v) is 9.04. The van der Waals surface area contributed by atoms with E-state index in [9.17, 15) is 0 Å². The van der Waals surface area contributed by atoms with Crippen LogP contribution < -0.4 is 0 Å². The highest BCUT2D eigenvalue weighted by atomic mass is 32.1. The third-order valence-corrected chi connectivity index (χ3v) is 2.35. The standard InChI is InChI=1S/C8H10N4OS/c1-4-6(13-5(2)9-4)7-10-11-8(14)12(7)3/h1-3H3,(H,11,14). The van der Waals surface area contributed by atoms with Gasteiger partial charge < -0.3 is 8.98 Å². The highest BCUT2D eigenvalue weighted by Gasteiger charge is 2.16. The van der Waals surface area contributed by atoms with Gasteiger partial charge in [-0.15, -0.1) is 22.8 Å². The molecular weight excluding hydrogens is 200 g/mol. The van der Waals surface area contributed by atoms with Crippen LogP contribution in [0.4, 0.5) is 0 Å². The Morgan fingerprint density at radius 2 is 2.00 bits per heavy atom. The van der Waals surface area contributed by atoms with E-state index in [0.717, 1.165) is 5.69 Å². The minimum Gasteiger partial charge on any atom is -0.437 e. The molecule has 0 spiro atoms. The first-order valence-electron chi connectivity index (χ1n) is 4.12. The molecular formula is C8H10N4OS. The van der Waals surface area contributed by atoms with Gasteiger partial charge in [0.05, 0.1) is 5.69 Å². The Bertz CT molecular complexity index is 474. The SMILES string of the molecule is Cc1nc(C)c(-c2nnc(S)n2C)o1. The minimum absolute atomic E-state index is 0.549. The Balaban J connectivity index is 2.59. The summed E-state index contributed by atoms with van der Waals surface area (Å²) in [5.74, 6) is 1.92. The topological polar surface area (TPSA) is 56.7 Å². The van der Waals surface area contributed by atoms with Gasteiger partial charge in [-0.1, -0.05) is 0 Å². The van der Waals surface area contributed by atoms with Gasteiger partial charge in [0.2, 0.25) is 5.82 Å². The van der Waals surface area contributed by atoms with Crippen molar-refractivity contribution in [2.24, 2.45) is 7.05 Å². The molecule has 2 aromatic rings. The Labute approximate surface area is 86.6 Å². The Morgan fingerprint density at radius 3 is 2.43 bits per heavy atom. The van der Waals surface area contributed by atoms with Crippen LogP contribution in [0.1, 0.15) is 11.6 Å². The highest BCUT2D eigenvalue weighted by molar-refractivity contribution is 7.80. The van der Waals surface area contributed by atoms with Gasteiger partial charge in [0.1, 0.15) is 0 Å². The predicted molar refractivity (Wildman–Crippen MR) is 53.2 cm³/mol. The van der Waals surface area contributed by atoms with Crippen LogP contribution in [0, 0.1) is 13.8 Å². The van der Waals surface area contributed by atoms with Crippen molar-refractivity contribution in [3.63, 3.8) is 0 Å². The fourth-order valence-electron chi connectivity index (χ4n) is 1.26. The van der Waals surface area contributed by atoms with Gasteiger partial charge in [0, 0.05) is 14.0 Å². The smallest absolute Gasteiger partial charge is 0.202 e. The van der Waals surface area contributed by atoms with Crippen LogP contribution >= 0.6 is 12.6 Å². The fraction of sp³-hybridized carbons (Fsp3) is 0.375. The number of aryl methyl sites for hydroxylation is 2. The van der Waals surface area contributed by atoms with Crippen molar-refractivity contribution in [1.82, 2.24) is 19.7 Å². The van der Waals surface area contributed by atoms with Crippen LogP contribution in [0.2, 0.25) is 0 Å². The van der Waals surface area contributed by atoms with Crippen LogP contribution in [-0.4, -0.2) is 19.7 Å². The maximum atomic E-state index is 5.43. The third-order valence-electron chi connectivity index (χ3n) is 1.96. The van der Waals surface area contributed by atoms with Gasteiger partial charge in [-0.2, -0.15) is 0 Å². The lowest BCUT2D eigenvalue weighted by Gasteiger charge is -1.96. The Hall–Kier alpha value is -1.30. The second-order valence-electron chi connectivity index (χ2n) is 3.03. The lowest BCUT2D eigenvalue weighted by molar-refractivity contribution is 0.527. The van der Waals surface area contributed by atoms with E-state index in [4.69, 9.17) is 4.42 Å². The first kappa shape index (κ1) is 9.26. The molecule has 0 aliphatic heterocycles. The van der Waals surface area contributed by atoms with Crippen LogP contribution in [-0.2, 0) is 7.05 Å². The maximum absolute atomic E-state index is 5.43. The summed E-state index contributed by atoms with van der Waals surface area (Å²) < 4.78 is 7.17. The molecule has 0 fully saturated rings. The Morgan fingerprint density at radius 1 is 1.29 bits per heavy atom. The molecule has 0 saturated heterocycles. The summed E-state index contributed by atoms with van der Waals surface area (Å²) in [6, 6.07) is 0. The van der Waals surface area contributed by atoms with Crippen molar-refractivity contribution < 1.29 is 4.42 Å². The molecule has 0 amide bonds. The molecule has 5 nitrogen and oxygen atoms in total. The van der Waals surface area contributed by atoms with Crippen LogP contribution in [0.15, 0.2) is 9.57 Å². The molecule has 74 valence electrons. The molecule has 0 aliphatic carbocycles. The van der Waals surface area contributed by atoms with Gasteiger partial charge >= 0.3 is 0 Å². The largest absolute Gasteiger partial charge is 0.437 e. The molecule has 0 N–H and O–H groups in total. The zero-order chi connectivity index (χ0) is 10.3. The second kappa shape index (κ2) is 3.13. The maximum Gasteiger partial charge on any atom is 0.202 e. The molecule has 0 radical (unpaired) electrons. The summed E-state index contributed by atoms with van der Waals surface area (Å²) in [4.78, 5) is 4.17. The quantitative estimate of drug-likeness (QED) is 0.722. The van der Waals surface area contributed by atoms with Crippen LogP contribution in [0.5, 0.6) is 0 Å². The van der Waals surface area contributed by atoms with Gasteiger partial charge in [-0.3, -0.25) is 0 Å². The summed E-state index contributed by atoms with van der Waals surface area (Å²) in [6.07, 6.45) is 0. The van der Waals surface area contributed by atoms with E-state index in [1.807, 2.05) is 14.0 Å². The van der Waals surface area contributed by atoms with Gasteiger partial charge in [-0.25, -0.2) is 4.98 Å². The van der Waals surface area contributed by atoms with Crippen molar-refractivity contribution in [2.45, 2.75) is 19.0 Å².